The molecule has 3 aromatic heterocycles. The third-order valence-corrected chi connectivity index (χ3v) is 11.1. The summed E-state index contributed by atoms with van der Waals surface area (Å²) in [5, 5.41) is 8.35. The van der Waals surface area contributed by atoms with Gasteiger partial charge >= 0.3 is 5.49 Å². The van der Waals surface area contributed by atoms with E-state index < -0.39 is 0 Å². The number of pyridine rings is 1. The molecule has 0 spiro atoms. The number of allylic oxidation sites excluding steroid dienone is 2. The molecule has 8 aromatic rings. The molecule has 0 radical (unpaired) electrons. The van der Waals surface area contributed by atoms with E-state index >= 15 is 0 Å². The van der Waals surface area contributed by atoms with Gasteiger partial charge in [-0.2, -0.15) is 4.57 Å². The average Bonchev–Trinajstić information content (AvgIpc) is 3.94. The summed E-state index contributed by atoms with van der Waals surface area (Å²) in [6, 6.07) is 42.1. The first-order valence-corrected chi connectivity index (χ1v) is 18.2. The third-order valence-electron chi connectivity index (χ3n) is 11.1. The number of anilines is 2. The summed E-state index contributed by atoms with van der Waals surface area (Å²) in [6.07, 6.45) is 10.4. The van der Waals surface area contributed by atoms with Gasteiger partial charge in [0.25, 0.3) is 0 Å². The van der Waals surface area contributed by atoms with Crippen molar-refractivity contribution in [2.45, 2.75) is 26.9 Å². The molecule has 0 aliphatic carbocycles. The number of dihydropyridines is 1. The highest BCUT2D eigenvalue weighted by Gasteiger charge is 2.36. The van der Waals surface area contributed by atoms with Crippen molar-refractivity contribution in [3.63, 3.8) is 0 Å². The van der Waals surface area contributed by atoms with Crippen molar-refractivity contribution >= 4 is 62.1 Å². The van der Waals surface area contributed by atoms with Gasteiger partial charge in [0.15, 0.2) is 6.21 Å². The van der Waals surface area contributed by atoms with Gasteiger partial charge in [-0.05, 0) is 116 Å². The van der Waals surface area contributed by atoms with Crippen LogP contribution >= 0.6 is 0 Å². The molecule has 0 bridgehead atoms. The number of benzene rings is 5. The van der Waals surface area contributed by atoms with Crippen LogP contribution in [0.2, 0.25) is 0 Å². The van der Waals surface area contributed by atoms with Gasteiger partial charge in [-0.3, -0.25) is 4.57 Å². The number of hydrogen-bond donors (Lipinski definition) is 1. The zero-order valence-corrected chi connectivity index (χ0v) is 29.7. The van der Waals surface area contributed by atoms with E-state index in [-0.39, 0.29) is 6.17 Å². The fraction of sp³-hybridized carbons (Fsp3) is 0.0851. The highest BCUT2D eigenvalue weighted by Crippen LogP contribution is 2.46. The third kappa shape index (κ3) is 4.40. The quantitative estimate of drug-likeness (QED) is 0.190. The Bertz CT molecular complexity index is 3110. The second-order valence-corrected chi connectivity index (χ2v) is 14.5. The molecule has 1 atom stereocenters. The van der Waals surface area contributed by atoms with Gasteiger partial charge in [-0.1, -0.05) is 53.6 Å². The summed E-state index contributed by atoms with van der Waals surface area (Å²) in [5.74, 6) is 0. The molecule has 3 aliphatic rings. The largest absolute Gasteiger partial charge is 0.388 e. The van der Waals surface area contributed by atoms with Gasteiger partial charge in [-0.15, -0.1) is 0 Å². The van der Waals surface area contributed by atoms with Crippen LogP contribution in [0.4, 0.5) is 11.4 Å². The lowest BCUT2D eigenvalue weighted by molar-refractivity contribution is 0.732. The second-order valence-electron chi connectivity index (χ2n) is 14.5. The molecule has 1 unspecified atom stereocenters. The minimum atomic E-state index is 0.0408. The van der Waals surface area contributed by atoms with Crippen molar-refractivity contribution in [1.29, 1.82) is 0 Å². The molecule has 53 heavy (non-hydrogen) atoms. The summed E-state index contributed by atoms with van der Waals surface area (Å²) in [5.41, 5.74) is 17.4. The van der Waals surface area contributed by atoms with Crippen LogP contribution in [-0.2, 0) is 0 Å². The zero-order valence-electron chi connectivity index (χ0n) is 29.7. The summed E-state index contributed by atoms with van der Waals surface area (Å²) in [6.45, 7) is 6.44. The molecular weight excluding hydrogens is 649 g/mol. The molecule has 3 aliphatic heterocycles. The second kappa shape index (κ2) is 11.1. The first-order chi connectivity index (χ1) is 26.0. The molecule has 0 fully saturated rings. The van der Waals surface area contributed by atoms with Crippen LogP contribution < -0.4 is 25.6 Å². The van der Waals surface area contributed by atoms with Crippen molar-refractivity contribution in [1.82, 2.24) is 24.1 Å². The first kappa shape index (κ1) is 29.8. The Hall–Kier alpha value is -6.88. The van der Waals surface area contributed by atoms with Crippen molar-refractivity contribution in [2.75, 3.05) is 4.90 Å². The molecular formula is C47H35N6+. The minimum absolute atomic E-state index is 0.0408. The Kier molecular flexibility index (Phi) is 6.22. The number of rotatable bonds is 4. The van der Waals surface area contributed by atoms with E-state index in [9.17, 15) is 0 Å². The topological polar surface area (TPSA) is 52.1 Å². The molecule has 6 nitrogen and oxygen atoms in total. The van der Waals surface area contributed by atoms with Crippen molar-refractivity contribution < 1.29 is 0 Å². The Morgan fingerprint density at radius 3 is 2.38 bits per heavy atom. The Labute approximate surface area is 306 Å². The lowest BCUT2D eigenvalue weighted by Crippen LogP contribution is -2.39. The minimum Gasteiger partial charge on any atom is -0.367 e. The number of nitrogens with one attached hydrogen (secondary N) is 1. The van der Waals surface area contributed by atoms with Gasteiger partial charge in [0.05, 0.1) is 16.4 Å². The lowest BCUT2D eigenvalue weighted by Gasteiger charge is -2.30. The van der Waals surface area contributed by atoms with Gasteiger partial charge in [-0.25, -0.2) is 9.65 Å². The predicted molar refractivity (Wildman–Crippen MR) is 219 cm³/mol. The van der Waals surface area contributed by atoms with Crippen molar-refractivity contribution in [3.8, 4) is 22.5 Å². The van der Waals surface area contributed by atoms with Crippen LogP contribution in [0.15, 0.2) is 139 Å². The Balaban J connectivity index is 1.03. The highest BCUT2D eigenvalue weighted by molar-refractivity contribution is 6.09. The van der Waals surface area contributed by atoms with Crippen LogP contribution in [0, 0.1) is 13.8 Å². The van der Waals surface area contributed by atoms with E-state index in [2.05, 4.69) is 168 Å². The van der Waals surface area contributed by atoms with Crippen molar-refractivity contribution in [2.24, 2.45) is 0 Å². The predicted octanol–water partition coefficient (Wildman–Crippen LogP) is 8.33. The molecule has 1 N–H and O–H groups in total. The first-order valence-electron chi connectivity index (χ1n) is 18.2. The molecule has 6 heteroatoms. The van der Waals surface area contributed by atoms with E-state index in [1.165, 1.54) is 44.3 Å². The number of aromatic nitrogens is 3. The van der Waals surface area contributed by atoms with Crippen molar-refractivity contribution in [3.05, 3.63) is 167 Å². The van der Waals surface area contributed by atoms with Crippen LogP contribution in [0.1, 0.15) is 23.6 Å². The maximum Gasteiger partial charge on any atom is 0.388 e. The molecule has 0 amide bonds. The van der Waals surface area contributed by atoms with Gasteiger partial charge in [0.2, 0.25) is 0 Å². The maximum absolute atomic E-state index is 4.90. The number of fused-ring (bicyclic) bond motifs is 9. The molecule has 11 rings (SSSR count). The Morgan fingerprint density at radius 2 is 1.47 bits per heavy atom. The highest BCUT2D eigenvalue weighted by atomic mass is 15.3. The molecule has 0 saturated heterocycles. The monoisotopic (exact) mass is 683 g/mol. The van der Waals surface area contributed by atoms with Crippen LogP contribution in [0.3, 0.4) is 0 Å². The summed E-state index contributed by atoms with van der Waals surface area (Å²) in [7, 11) is 0. The van der Waals surface area contributed by atoms with Crippen LogP contribution in [0.5, 0.6) is 0 Å². The molecule has 0 saturated carbocycles. The normalized spacial score (nSPS) is 15.5. The van der Waals surface area contributed by atoms with Gasteiger partial charge < -0.3 is 10.2 Å². The number of aryl methyl sites for hydroxylation is 2. The van der Waals surface area contributed by atoms with E-state index in [1.54, 1.807) is 0 Å². The molecule has 252 valence electrons. The van der Waals surface area contributed by atoms with Crippen LogP contribution in [0.25, 0.3) is 67.0 Å². The summed E-state index contributed by atoms with van der Waals surface area (Å²) < 4.78 is 9.48. The summed E-state index contributed by atoms with van der Waals surface area (Å²) in [4.78, 5) is 7.27. The van der Waals surface area contributed by atoms with E-state index in [1.807, 2.05) is 18.5 Å². The standard InChI is InChI=1S/C47H35N6/c1-28-9-13-33(14-10-28)51-43-17-12-32(25-39(43)36-8-5-20-48-45(36)51)31-6-4-7-34(24-31)52-44-18-15-35(26-40(44)37-19-21-49-46(37)52)53-42-16-11-29(2)22-38(42)41-23-30(3)27-50-47(41)53/h4-27,47,50H,1-3H3/q+1. The maximum atomic E-state index is 4.90. The average molecular weight is 684 g/mol. The van der Waals surface area contributed by atoms with E-state index in [0.29, 0.717) is 0 Å². The number of hydrogen-bond acceptors (Lipinski definition) is 3. The fourth-order valence-corrected chi connectivity index (χ4v) is 8.60. The van der Waals surface area contributed by atoms with E-state index in [4.69, 9.17) is 9.65 Å². The summed E-state index contributed by atoms with van der Waals surface area (Å²) >= 11 is 0. The van der Waals surface area contributed by atoms with Gasteiger partial charge in [0, 0.05) is 57.1 Å². The zero-order chi connectivity index (χ0) is 35.4. The van der Waals surface area contributed by atoms with Crippen LogP contribution in [-0.4, -0.2) is 26.5 Å². The fourth-order valence-electron chi connectivity index (χ4n) is 8.60. The molecule has 5 aromatic carbocycles. The Morgan fingerprint density at radius 1 is 0.660 bits per heavy atom. The van der Waals surface area contributed by atoms with Gasteiger partial charge in [0.1, 0.15) is 23.0 Å². The lowest BCUT2D eigenvalue weighted by atomic mass is 10.00. The smallest absolute Gasteiger partial charge is 0.367 e. The SMILES string of the molecule is CC1=CNC2C(=C1)c1cc(C)ccc1N2c1ccc2c(c1)c1c(n2-c2cccc(-c3ccc4c(c3)c3cccnc3n4-c3ccc(C)cc3)c2)=[N+]=CC=1. The molecule has 6 heterocycles. The van der Waals surface area contributed by atoms with E-state index in [0.717, 1.165) is 61.0 Å². The number of nitrogens with zero attached hydrogens (tertiary/aromatic N) is 5.